The van der Waals surface area contributed by atoms with Crippen LogP contribution in [0.2, 0.25) is 17.1 Å². The van der Waals surface area contributed by atoms with Gasteiger partial charge in [0.25, 0.3) is 0 Å². The van der Waals surface area contributed by atoms with Crippen LogP contribution >= 0.6 is 0 Å². The molecule has 1 heteroatoms. The van der Waals surface area contributed by atoms with Gasteiger partial charge in [-0.25, -0.2) is 0 Å². The van der Waals surface area contributed by atoms with Gasteiger partial charge in [0.1, 0.15) is 0 Å². The number of hydrogen-bond donors (Lipinski definition) is 0. The number of rotatable bonds is 7. The molecule has 0 aliphatic heterocycles. The zero-order valence-electron chi connectivity index (χ0n) is 10.3. The molecular weight excluding hydrogens is 172 g/mol. The highest BCUT2D eigenvalue weighted by atomic mass is 28.3. The van der Waals surface area contributed by atoms with Crippen LogP contribution in [0.1, 0.15) is 60.3 Å². The summed E-state index contributed by atoms with van der Waals surface area (Å²) in [5.74, 6) is 0. The molecule has 0 spiro atoms. The lowest BCUT2D eigenvalue weighted by Gasteiger charge is -2.38. The molecule has 0 aromatic carbocycles. The summed E-state index contributed by atoms with van der Waals surface area (Å²) in [7, 11) is -0.461. The third-order valence-corrected chi connectivity index (χ3v) is 8.82. The molecule has 0 atom stereocenters. The second-order valence-corrected chi connectivity index (χ2v) is 8.58. The van der Waals surface area contributed by atoms with E-state index in [-0.39, 0.29) is 0 Å². The van der Waals surface area contributed by atoms with Crippen molar-refractivity contribution in [3.05, 3.63) is 0 Å². The van der Waals surface area contributed by atoms with Gasteiger partial charge in [-0.2, -0.15) is 0 Å². The molecule has 0 bridgehead atoms. The predicted octanol–water partition coefficient (Wildman–Crippen LogP) is 4.61. The molecule has 0 aliphatic rings. The third kappa shape index (κ3) is 3.12. The minimum absolute atomic E-state index is 0.461. The lowest BCUT2D eigenvalue weighted by Crippen LogP contribution is -2.30. The van der Waals surface area contributed by atoms with Crippen molar-refractivity contribution in [2.45, 2.75) is 77.4 Å². The Hall–Kier alpha value is 0.217. The summed E-state index contributed by atoms with van der Waals surface area (Å²) in [5.41, 5.74) is 0. The Morgan fingerprint density at radius 1 is 0.846 bits per heavy atom. The van der Waals surface area contributed by atoms with Crippen molar-refractivity contribution in [3.63, 3.8) is 0 Å². The van der Waals surface area contributed by atoms with E-state index < -0.39 is 8.80 Å². The second kappa shape index (κ2) is 6.64. The third-order valence-electron chi connectivity index (χ3n) is 4.01. The van der Waals surface area contributed by atoms with Crippen LogP contribution in [-0.2, 0) is 0 Å². The summed E-state index contributed by atoms with van der Waals surface area (Å²) in [6.07, 6.45) is 5.72. The maximum atomic E-state index is 2.41. The molecule has 0 aromatic heterocycles. The average Bonchev–Trinajstić information content (AvgIpc) is 2.18. The smallest absolute Gasteiger partial charge is 0.0427 e. The quantitative estimate of drug-likeness (QED) is 0.526. The first-order valence-corrected chi connectivity index (χ1v) is 8.41. The normalized spacial score (nSPS) is 12.5. The molecule has 0 radical (unpaired) electrons. The minimum atomic E-state index is -0.461. The molecule has 0 aliphatic carbocycles. The first kappa shape index (κ1) is 13.2. The van der Waals surface area contributed by atoms with Crippen LogP contribution in [0.25, 0.3) is 0 Å². The van der Waals surface area contributed by atoms with Crippen molar-refractivity contribution in [1.29, 1.82) is 0 Å². The molecule has 0 fully saturated rings. The summed E-state index contributed by atoms with van der Waals surface area (Å²) < 4.78 is 0. The molecule has 0 nitrogen and oxygen atoms in total. The lowest BCUT2D eigenvalue weighted by molar-refractivity contribution is 0.458. The maximum Gasteiger partial charge on any atom is 0.0427 e. The Labute approximate surface area is 86.7 Å². The van der Waals surface area contributed by atoms with Crippen LogP contribution in [0.3, 0.4) is 0 Å². The maximum absolute atomic E-state index is 2.41. The van der Waals surface area contributed by atoms with E-state index in [9.17, 15) is 0 Å². The second-order valence-electron chi connectivity index (χ2n) is 4.33. The fourth-order valence-corrected chi connectivity index (χ4v) is 7.20. The van der Waals surface area contributed by atoms with Gasteiger partial charge < -0.3 is 0 Å². The van der Waals surface area contributed by atoms with Crippen LogP contribution < -0.4 is 0 Å². The van der Waals surface area contributed by atoms with Crippen LogP contribution in [-0.4, -0.2) is 8.80 Å². The molecular formula is C12H28Si. The van der Waals surface area contributed by atoms with E-state index in [1.807, 2.05) is 0 Å². The van der Waals surface area contributed by atoms with Crippen LogP contribution in [0.15, 0.2) is 0 Å². The van der Waals surface area contributed by atoms with E-state index in [0.717, 1.165) is 5.04 Å². The Morgan fingerprint density at radius 2 is 1.31 bits per heavy atom. The fourth-order valence-electron chi connectivity index (χ4n) is 3.04. The average molecular weight is 200 g/mol. The molecule has 0 unspecified atom stereocenters. The van der Waals surface area contributed by atoms with Gasteiger partial charge in [0.15, 0.2) is 0 Å². The molecule has 0 heterocycles. The van der Waals surface area contributed by atoms with Crippen LogP contribution in [0.4, 0.5) is 0 Å². The molecule has 80 valence electrons. The Kier molecular flexibility index (Phi) is 6.75. The van der Waals surface area contributed by atoms with Crippen molar-refractivity contribution in [3.8, 4) is 0 Å². The van der Waals surface area contributed by atoms with Gasteiger partial charge in [-0.3, -0.25) is 0 Å². The standard InChI is InChI=1S/C12H28Si/c1-6-11-12(7-2,8-3)13(9-4)10-5/h13H,6-11H2,1-5H3. The minimum Gasteiger partial charge on any atom is -0.0680 e. The highest BCUT2D eigenvalue weighted by Crippen LogP contribution is 2.45. The monoisotopic (exact) mass is 200 g/mol. The summed E-state index contributed by atoms with van der Waals surface area (Å²) in [6.45, 7) is 12.0. The molecule has 0 aromatic rings. The Balaban J connectivity index is 4.50. The number of hydrogen-bond acceptors (Lipinski definition) is 0. The topological polar surface area (TPSA) is 0 Å². The summed E-state index contributed by atoms with van der Waals surface area (Å²) in [4.78, 5) is 0. The van der Waals surface area contributed by atoms with E-state index in [4.69, 9.17) is 0 Å². The van der Waals surface area contributed by atoms with E-state index in [2.05, 4.69) is 34.6 Å². The summed E-state index contributed by atoms with van der Waals surface area (Å²) >= 11 is 0. The highest BCUT2D eigenvalue weighted by Gasteiger charge is 2.33. The van der Waals surface area contributed by atoms with Gasteiger partial charge in [-0.15, -0.1) is 0 Å². The molecule has 0 N–H and O–H groups in total. The summed E-state index contributed by atoms with van der Waals surface area (Å²) in [6, 6.07) is 3.00. The van der Waals surface area contributed by atoms with Gasteiger partial charge in [0, 0.05) is 8.80 Å². The zero-order chi connectivity index (χ0) is 10.3. The molecule has 0 amide bonds. The van der Waals surface area contributed by atoms with Gasteiger partial charge in [0.2, 0.25) is 0 Å². The van der Waals surface area contributed by atoms with Crippen molar-refractivity contribution in [2.75, 3.05) is 0 Å². The molecule has 13 heavy (non-hydrogen) atoms. The first-order valence-electron chi connectivity index (χ1n) is 6.20. The lowest BCUT2D eigenvalue weighted by atomic mass is 9.96. The van der Waals surface area contributed by atoms with Gasteiger partial charge in [0.05, 0.1) is 0 Å². The van der Waals surface area contributed by atoms with Crippen molar-refractivity contribution >= 4 is 8.80 Å². The van der Waals surface area contributed by atoms with Crippen molar-refractivity contribution in [2.24, 2.45) is 0 Å². The SMILES string of the molecule is CCCC(CC)(CC)[SiH](CC)CC. The fraction of sp³-hybridized carbons (Fsp3) is 1.00. The molecule has 0 saturated heterocycles. The van der Waals surface area contributed by atoms with Gasteiger partial charge in [-0.1, -0.05) is 72.4 Å². The zero-order valence-corrected chi connectivity index (χ0v) is 11.5. The highest BCUT2D eigenvalue weighted by molar-refractivity contribution is 6.62. The summed E-state index contributed by atoms with van der Waals surface area (Å²) in [5, 5.41) is 0.790. The van der Waals surface area contributed by atoms with Gasteiger partial charge in [-0.05, 0) is 5.04 Å². The molecule has 0 saturated carbocycles. The first-order chi connectivity index (χ1) is 6.20. The Bertz CT molecular complexity index is 112. The van der Waals surface area contributed by atoms with Crippen molar-refractivity contribution in [1.82, 2.24) is 0 Å². The predicted molar refractivity (Wildman–Crippen MR) is 66.3 cm³/mol. The van der Waals surface area contributed by atoms with Crippen LogP contribution in [0.5, 0.6) is 0 Å². The van der Waals surface area contributed by atoms with Crippen LogP contribution in [0, 0.1) is 0 Å². The van der Waals surface area contributed by atoms with E-state index in [1.165, 1.54) is 37.8 Å². The van der Waals surface area contributed by atoms with Gasteiger partial charge >= 0.3 is 0 Å². The van der Waals surface area contributed by atoms with E-state index in [0.29, 0.717) is 0 Å². The Morgan fingerprint density at radius 3 is 1.54 bits per heavy atom. The van der Waals surface area contributed by atoms with E-state index >= 15 is 0 Å². The molecule has 0 rings (SSSR count). The largest absolute Gasteiger partial charge is 0.0680 e. The van der Waals surface area contributed by atoms with Crippen molar-refractivity contribution < 1.29 is 0 Å². The van der Waals surface area contributed by atoms with E-state index in [1.54, 1.807) is 0 Å².